The second-order valence-corrected chi connectivity index (χ2v) is 7.38. The summed E-state index contributed by atoms with van der Waals surface area (Å²) in [5.74, 6) is 0.377. The fourth-order valence-electron chi connectivity index (χ4n) is 4.47. The summed E-state index contributed by atoms with van der Waals surface area (Å²) in [6.07, 6.45) is 7.52. The van der Waals surface area contributed by atoms with Gasteiger partial charge in [0.25, 0.3) is 0 Å². The van der Waals surface area contributed by atoms with Gasteiger partial charge >= 0.3 is 6.15 Å². The van der Waals surface area contributed by atoms with Crippen LogP contribution >= 0.6 is 0 Å². The number of fused-ring (bicyclic) bond motifs is 1. The van der Waals surface area contributed by atoms with Crippen molar-refractivity contribution >= 4 is 23.0 Å². The summed E-state index contributed by atoms with van der Waals surface area (Å²) in [7, 11) is 0. The topological polar surface area (TPSA) is 60.2 Å². The third kappa shape index (κ3) is 4.01. The molecule has 4 rings (SSSR count). The molecule has 3 nitrogen and oxygen atoms in total. The average Bonchev–Trinajstić information content (AvgIpc) is 3.03. The van der Waals surface area contributed by atoms with Gasteiger partial charge in [0.1, 0.15) is 5.82 Å². The average molecular weight is 365 g/mol. The Kier molecular flexibility index (Phi) is 5.88. The number of benzene rings is 2. The van der Waals surface area contributed by atoms with Crippen molar-refractivity contribution < 1.29 is 14.0 Å². The zero-order valence-electron chi connectivity index (χ0n) is 15.6. The van der Waals surface area contributed by atoms with E-state index < -0.39 is 0 Å². The van der Waals surface area contributed by atoms with Crippen molar-refractivity contribution in [2.24, 2.45) is 5.92 Å². The molecule has 0 aromatic heterocycles. The third-order valence-electron chi connectivity index (χ3n) is 5.60. The fourth-order valence-corrected chi connectivity index (χ4v) is 4.47. The summed E-state index contributed by atoms with van der Waals surface area (Å²) in [6.45, 7) is 2.13. The molecule has 0 amide bonds. The first-order valence-electron chi connectivity index (χ1n) is 9.42. The van der Waals surface area contributed by atoms with Gasteiger partial charge in [-0.25, -0.2) is 4.39 Å². The Morgan fingerprint density at radius 1 is 1.00 bits per heavy atom. The summed E-state index contributed by atoms with van der Waals surface area (Å²) >= 11 is 0. The molecule has 4 heteroatoms. The van der Waals surface area contributed by atoms with E-state index >= 15 is 0 Å². The first-order valence-corrected chi connectivity index (χ1v) is 9.42. The molecular formula is C23H24FNO2. The van der Waals surface area contributed by atoms with Crippen LogP contribution in [0.2, 0.25) is 0 Å². The number of anilines is 1. The summed E-state index contributed by atoms with van der Waals surface area (Å²) < 4.78 is 13.9. The minimum Gasteiger partial charge on any atom is -0.398 e. The lowest BCUT2D eigenvalue weighted by molar-refractivity contribution is -0.191. The number of hydrogen-bond acceptors (Lipinski definition) is 3. The number of hydrogen-bond donors (Lipinski definition) is 1. The van der Waals surface area contributed by atoms with E-state index in [4.69, 9.17) is 15.3 Å². The molecular weight excluding hydrogens is 341 g/mol. The summed E-state index contributed by atoms with van der Waals surface area (Å²) in [5.41, 5.74) is 14.5. The number of allylic oxidation sites excluding steroid dienone is 2. The molecule has 0 aliphatic heterocycles. The summed E-state index contributed by atoms with van der Waals surface area (Å²) in [5, 5.41) is 0. The maximum Gasteiger partial charge on any atom is 0.373 e. The van der Waals surface area contributed by atoms with E-state index in [9.17, 15) is 4.39 Å². The normalized spacial score (nSPS) is 16.4. The van der Waals surface area contributed by atoms with Crippen LogP contribution in [0.4, 0.5) is 10.1 Å². The predicted octanol–water partition coefficient (Wildman–Crippen LogP) is 5.18. The molecule has 0 spiro atoms. The highest BCUT2D eigenvalue weighted by molar-refractivity contribution is 6.00. The molecule has 0 saturated heterocycles. The molecule has 0 bridgehead atoms. The standard InChI is InChI=1S/C22H24FN.CO2/c1-14-7-9-18-16(11-14)12-20(19-13-17(23)8-10-21(19)24)22(18)15-5-3-2-4-6-15;2-1-3/h7-11,13,15H,2-6,12,24H2,1H3;. The second kappa shape index (κ2) is 8.32. The number of aryl methyl sites for hydroxylation is 1. The van der Waals surface area contributed by atoms with Crippen LogP contribution < -0.4 is 5.73 Å². The Labute approximate surface area is 159 Å². The van der Waals surface area contributed by atoms with Crippen LogP contribution in [0.25, 0.3) is 11.1 Å². The van der Waals surface area contributed by atoms with Crippen LogP contribution in [-0.2, 0) is 16.0 Å². The molecule has 0 atom stereocenters. The van der Waals surface area contributed by atoms with Crippen molar-refractivity contribution in [1.82, 2.24) is 0 Å². The molecule has 2 aromatic carbocycles. The Hall–Kier alpha value is -2.71. The van der Waals surface area contributed by atoms with Gasteiger partial charge in [-0.3, -0.25) is 0 Å². The Morgan fingerprint density at radius 3 is 2.41 bits per heavy atom. The molecule has 0 unspecified atom stereocenters. The smallest absolute Gasteiger partial charge is 0.373 e. The van der Waals surface area contributed by atoms with Crippen LogP contribution in [0.15, 0.2) is 36.4 Å². The molecule has 2 N–H and O–H groups in total. The Morgan fingerprint density at radius 2 is 1.70 bits per heavy atom. The largest absolute Gasteiger partial charge is 0.398 e. The number of carbonyl (C=O) groups excluding carboxylic acids is 2. The van der Waals surface area contributed by atoms with Crippen molar-refractivity contribution in [1.29, 1.82) is 0 Å². The van der Waals surface area contributed by atoms with Gasteiger partial charge in [-0.1, -0.05) is 43.0 Å². The van der Waals surface area contributed by atoms with E-state index in [0.29, 0.717) is 11.6 Å². The number of nitrogens with two attached hydrogens (primary N) is 1. The van der Waals surface area contributed by atoms with E-state index in [-0.39, 0.29) is 12.0 Å². The van der Waals surface area contributed by atoms with Gasteiger partial charge in [-0.2, -0.15) is 9.59 Å². The summed E-state index contributed by atoms with van der Waals surface area (Å²) in [4.78, 5) is 16.2. The van der Waals surface area contributed by atoms with E-state index in [1.165, 1.54) is 66.0 Å². The highest BCUT2D eigenvalue weighted by Crippen LogP contribution is 2.47. The van der Waals surface area contributed by atoms with Crippen molar-refractivity contribution in [3.63, 3.8) is 0 Å². The zero-order valence-corrected chi connectivity index (χ0v) is 15.6. The van der Waals surface area contributed by atoms with Crippen molar-refractivity contribution in [2.45, 2.75) is 45.4 Å². The maximum absolute atomic E-state index is 13.9. The number of nitrogen functional groups attached to an aromatic ring is 1. The van der Waals surface area contributed by atoms with E-state index in [1.807, 2.05) is 0 Å². The first kappa shape index (κ1) is 19.1. The van der Waals surface area contributed by atoms with Gasteiger partial charge in [0.2, 0.25) is 0 Å². The van der Waals surface area contributed by atoms with Crippen LogP contribution in [-0.4, -0.2) is 6.15 Å². The SMILES string of the molecule is Cc1ccc2c(c1)CC(c1cc(F)ccc1N)=C2C1CCCCC1.O=C=O. The van der Waals surface area contributed by atoms with Gasteiger partial charge in [0.15, 0.2) is 0 Å². The van der Waals surface area contributed by atoms with Gasteiger partial charge in [-0.15, -0.1) is 0 Å². The zero-order chi connectivity index (χ0) is 19.4. The molecule has 1 saturated carbocycles. The van der Waals surface area contributed by atoms with Crippen LogP contribution in [0.1, 0.15) is 54.4 Å². The van der Waals surface area contributed by atoms with Crippen LogP contribution in [0, 0.1) is 18.7 Å². The lowest BCUT2D eigenvalue weighted by atomic mass is 9.79. The highest BCUT2D eigenvalue weighted by Gasteiger charge is 2.30. The van der Waals surface area contributed by atoms with Crippen molar-refractivity contribution in [2.75, 3.05) is 5.73 Å². The van der Waals surface area contributed by atoms with Crippen LogP contribution in [0.3, 0.4) is 0 Å². The molecule has 2 aromatic rings. The molecule has 27 heavy (non-hydrogen) atoms. The lowest BCUT2D eigenvalue weighted by Crippen LogP contribution is -2.09. The third-order valence-corrected chi connectivity index (χ3v) is 5.60. The lowest BCUT2D eigenvalue weighted by Gasteiger charge is -2.25. The van der Waals surface area contributed by atoms with Gasteiger partial charge in [0, 0.05) is 11.3 Å². The quantitative estimate of drug-likeness (QED) is 0.746. The van der Waals surface area contributed by atoms with E-state index in [0.717, 1.165) is 12.0 Å². The highest BCUT2D eigenvalue weighted by atomic mass is 19.1. The molecule has 1 fully saturated rings. The Balaban J connectivity index is 0.000000659. The fraction of sp³-hybridized carbons (Fsp3) is 0.348. The second-order valence-electron chi connectivity index (χ2n) is 7.38. The molecule has 2 aliphatic rings. The number of rotatable bonds is 2. The van der Waals surface area contributed by atoms with Crippen molar-refractivity contribution in [3.8, 4) is 0 Å². The van der Waals surface area contributed by atoms with Crippen LogP contribution in [0.5, 0.6) is 0 Å². The predicted molar refractivity (Wildman–Crippen MR) is 104 cm³/mol. The summed E-state index contributed by atoms with van der Waals surface area (Å²) in [6, 6.07) is 11.5. The molecule has 0 heterocycles. The maximum atomic E-state index is 13.9. The van der Waals surface area contributed by atoms with E-state index in [2.05, 4.69) is 25.1 Å². The van der Waals surface area contributed by atoms with Gasteiger partial charge in [-0.05, 0) is 72.6 Å². The van der Waals surface area contributed by atoms with Gasteiger partial charge < -0.3 is 5.73 Å². The van der Waals surface area contributed by atoms with E-state index in [1.54, 1.807) is 12.1 Å². The van der Waals surface area contributed by atoms with Crippen molar-refractivity contribution in [3.05, 3.63) is 64.5 Å². The van der Waals surface area contributed by atoms with Gasteiger partial charge in [0.05, 0.1) is 0 Å². The molecule has 2 aliphatic carbocycles. The molecule has 0 radical (unpaired) electrons. The molecule has 140 valence electrons. The Bertz CT molecular complexity index is 905. The first-order chi connectivity index (χ1) is 13.0. The monoisotopic (exact) mass is 365 g/mol. The minimum absolute atomic E-state index is 0.207. The number of halogens is 1. The minimum atomic E-state index is -0.207.